The summed E-state index contributed by atoms with van der Waals surface area (Å²) >= 11 is 0. The van der Waals surface area contributed by atoms with Gasteiger partial charge in [0, 0.05) is 29.7 Å². The molecule has 9 heteroatoms. The minimum absolute atomic E-state index is 0.00766. The van der Waals surface area contributed by atoms with Gasteiger partial charge in [-0.25, -0.2) is 15.0 Å². The molecule has 0 aliphatic rings. The predicted octanol–water partition coefficient (Wildman–Crippen LogP) is 3.99. The molecule has 0 radical (unpaired) electrons. The summed E-state index contributed by atoms with van der Waals surface area (Å²) < 4.78 is 1.98. The van der Waals surface area contributed by atoms with Gasteiger partial charge in [0.2, 0.25) is 5.95 Å². The van der Waals surface area contributed by atoms with E-state index in [1.807, 2.05) is 42.7 Å². The van der Waals surface area contributed by atoms with Crippen molar-refractivity contribution in [1.82, 2.24) is 29.5 Å². The first-order chi connectivity index (χ1) is 14.9. The summed E-state index contributed by atoms with van der Waals surface area (Å²) in [7, 11) is 0. The highest BCUT2D eigenvalue weighted by atomic mass is 16.3. The number of benzene rings is 1. The Balaban J connectivity index is 1.74. The monoisotopic (exact) mass is 418 g/mol. The van der Waals surface area contributed by atoms with Crippen LogP contribution in [0.25, 0.3) is 22.6 Å². The molecule has 0 saturated heterocycles. The van der Waals surface area contributed by atoms with Gasteiger partial charge >= 0.3 is 0 Å². The van der Waals surface area contributed by atoms with Crippen molar-refractivity contribution in [3.8, 4) is 11.4 Å². The average molecular weight is 419 g/mol. The van der Waals surface area contributed by atoms with Crippen LogP contribution in [-0.2, 0) is 0 Å². The van der Waals surface area contributed by atoms with Crippen LogP contribution in [0.5, 0.6) is 0 Å². The van der Waals surface area contributed by atoms with Crippen molar-refractivity contribution in [2.75, 3.05) is 10.6 Å². The van der Waals surface area contributed by atoms with Crippen molar-refractivity contribution in [3.63, 3.8) is 0 Å². The standard InChI is InChI=1S/C22H26N8O/c1-13(2)21(31)29-22-27-19(17-20(28-22)30(12-25-17)14(3)4)26-16-8-5-7-15(11-16)18-23-9-6-10-24-18/h5-14,21,31H,1-4H3,(H2,26,27,28,29). The van der Waals surface area contributed by atoms with E-state index in [2.05, 4.69) is 49.4 Å². The lowest BCUT2D eigenvalue weighted by Crippen LogP contribution is -2.26. The van der Waals surface area contributed by atoms with Crippen LogP contribution in [0, 0.1) is 5.92 Å². The van der Waals surface area contributed by atoms with Gasteiger partial charge in [0.25, 0.3) is 0 Å². The molecule has 0 aliphatic heterocycles. The SMILES string of the molecule is CC(C)C(O)Nc1nc(Nc2cccc(-c3ncccn3)c2)c2ncn(C(C)C)c2n1. The summed E-state index contributed by atoms with van der Waals surface area (Å²) in [5, 5.41) is 16.6. The number of fused-ring (bicyclic) bond motifs is 1. The highest BCUT2D eigenvalue weighted by Gasteiger charge is 2.18. The zero-order valence-corrected chi connectivity index (χ0v) is 18.0. The van der Waals surface area contributed by atoms with Crippen molar-refractivity contribution in [3.05, 3.63) is 49.1 Å². The second-order valence-corrected chi connectivity index (χ2v) is 7.93. The molecule has 3 heterocycles. The Morgan fingerprint density at radius 2 is 1.74 bits per heavy atom. The summed E-state index contributed by atoms with van der Waals surface area (Å²) in [5.41, 5.74) is 3.05. The number of anilines is 3. The zero-order valence-electron chi connectivity index (χ0n) is 18.0. The summed E-state index contributed by atoms with van der Waals surface area (Å²) in [6.07, 6.45) is 4.42. The van der Waals surface area contributed by atoms with Gasteiger partial charge < -0.3 is 20.3 Å². The maximum absolute atomic E-state index is 10.3. The van der Waals surface area contributed by atoms with Crippen molar-refractivity contribution >= 4 is 28.6 Å². The Morgan fingerprint density at radius 3 is 2.45 bits per heavy atom. The minimum Gasteiger partial charge on any atom is -0.373 e. The quantitative estimate of drug-likeness (QED) is 0.386. The highest BCUT2D eigenvalue weighted by molar-refractivity contribution is 5.87. The number of nitrogens with zero attached hydrogens (tertiary/aromatic N) is 6. The maximum atomic E-state index is 10.3. The third-order valence-electron chi connectivity index (χ3n) is 4.84. The lowest BCUT2D eigenvalue weighted by molar-refractivity contribution is 0.152. The molecule has 1 unspecified atom stereocenters. The molecule has 0 saturated carbocycles. The molecule has 4 aromatic rings. The number of imidazole rings is 1. The molecular formula is C22H26N8O. The van der Waals surface area contributed by atoms with Crippen LogP contribution in [-0.4, -0.2) is 40.8 Å². The van der Waals surface area contributed by atoms with Crippen LogP contribution >= 0.6 is 0 Å². The fraction of sp³-hybridized carbons (Fsp3) is 0.318. The van der Waals surface area contributed by atoms with E-state index < -0.39 is 6.23 Å². The predicted molar refractivity (Wildman–Crippen MR) is 121 cm³/mol. The topological polar surface area (TPSA) is 114 Å². The molecule has 0 fully saturated rings. The van der Waals surface area contributed by atoms with E-state index in [1.165, 1.54) is 0 Å². The molecule has 0 spiro atoms. The first-order valence-electron chi connectivity index (χ1n) is 10.3. The van der Waals surface area contributed by atoms with Gasteiger partial charge in [0.1, 0.15) is 6.23 Å². The van der Waals surface area contributed by atoms with Crippen molar-refractivity contribution in [1.29, 1.82) is 0 Å². The molecule has 31 heavy (non-hydrogen) atoms. The molecule has 0 amide bonds. The molecule has 160 valence electrons. The van der Waals surface area contributed by atoms with Crippen LogP contribution in [0.3, 0.4) is 0 Å². The van der Waals surface area contributed by atoms with E-state index in [0.717, 1.165) is 11.3 Å². The zero-order chi connectivity index (χ0) is 22.0. The van der Waals surface area contributed by atoms with Crippen molar-refractivity contribution in [2.45, 2.75) is 40.0 Å². The Labute approximate surface area is 180 Å². The van der Waals surface area contributed by atoms with Crippen LogP contribution in [0.2, 0.25) is 0 Å². The molecule has 1 atom stereocenters. The third kappa shape index (κ3) is 4.46. The highest BCUT2D eigenvalue weighted by Crippen LogP contribution is 2.28. The average Bonchev–Trinajstić information content (AvgIpc) is 3.19. The molecule has 3 N–H and O–H groups in total. The van der Waals surface area contributed by atoms with Gasteiger partial charge in [-0.15, -0.1) is 0 Å². The van der Waals surface area contributed by atoms with Gasteiger partial charge in [-0.05, 0) is 38.0 Å². The maximum Gasteiger partial charge on any atom is 0.228 e. The summed E-state index contributed by atoms with van der Waals surface area (Å²) in [6.45, 7) is 7.97. The smallest absolute Gasteiger partial charge is 0.228 e. The van der Waals surface area contributed by atoms with Crippen LogP contribution in [0.15, 0.2) is 49.1 Å². The van der Waals surface area contributed by atoms with Crippen LogP contribution in [0.1, 0.15) is 33.7 Å². The van der Waals surface area contributed by atoms with E-state index in [9.17, 15) is 5.11 Å². The third-order valence-corrected chi connectivity index (χ3v) is 4.84. The van der Waals surface area contributed by atoms with Gasteiger partial charge in [0.15, 0.2) is 22.8 Å². The number of rotatable bonds is 7. The fourth-order valence-electron chi connectivity index (χ4n) is 3.07. The Hall–Kier alpha value is -3.59. The minimum atomic E-state index is -0.765. The number of aromatic nitrogens is 6. The second kappa shape index (κ2) is 8.65. The summed E-state index contributed by atoms with van der Waals surface area (Å²) in [4.78, 5) is 22.4. The second-order valence-electron chi connectivity index (χ2n) is 7.93. The normalized spacial score (nSPS) is 12.5. The molecule has 4 rings (SSSR count). The van der Waals surface area contributed by atoms with Gasteiger partial charge in [-0.1, -0.05) is 26.0 Å². The molecule has 3 aromatic heterocycles. The number of aliphatic hydroxyl groups is 1. The Bertz CT molecular complexity index is 1170. The van der Waals surface area contributed by atoms with E-state index in [1.54, 1.807) is 24.8 Å². The molecule has 0 aliphatic carbocycles. The van der Waals surface area contributed by atoms with E-state index >= 15 is 0 Å². The largest absolute Gasteiger partial charge is 0.373 e. The molecule has 9 nitrogen and oxygen atoms in total. The van der Waals surface area contributed by atoms with Gasteiger partial charge in [0.05, 0.1) is 6.33 Å². The molecular weight excluding hydrogens is 392 g/mol. The number of hydrogen-bond donors (Lipinski definition) is 3. The van der Waals surface area contributed by atoms with Crippen molar-refractivity contribution < 1.29 is 5.11 Å². The Morgan fingerprint density at radius 1 is 0.968 bits per heavy atom. The number of aliphatic hydroxyl groups excluding tert-OH is 1. The molecule has 1 aromatic carbocycles. The van der Waals surface area contributed by atoms with Crippen LogP contribution in [0.4, 0.5) is 17.5 Å². The van der Waals surface area contributed by atoms with Gasteiger partial charge in [-0.2, -0.15) is 9.97 Å². The number of nitrogens with one attached hydrogen (secondary N) is 2. The van der Waals surface area contributed by atoms with Crippen LogP contribution < -0.4 is 10.6 Å². The van der Waals surface area contributed by atoms with Gasteiger partial charge in [-0.3, -0.25) is 0 Å². The van der Waals surface area contributed by atoms with E-state index in [4.69, 9.17) is 0 Å². The summed E-state index contributed by atoms with van der Waals surface area (Å²) in [6, 6.07) is 9.74. The Kier molecular flexibility index (Phi) is 5.77. The van der Waals surface area contributed by atoms with Crippen molar-refractivity contribution in [2.24, 2.45) is 5.92 Å². The lowest BCUT2D eigenvalue weighted by Gasteiger charge is -2.17. The molecule has 0 bridgehead atoms. The summed E-state index contributed by atoms with van der Waals surface area (Å²) in [5.74, 6) is 1.54. The fourth-order valence-corrected chi connectivity index (χ4v) is 3.07. The number of hydrogen-bond acceptors (Lipinski definition) is 8. The van der Waals surface area contributed by atoms with E-state index in [0.29, 0.717) is 28.8 Å². The first kappa shape index (κ1) is 20.7. The lowest BCUT2D eigenvalue weighted by atomic mass is 10.2. The van der Waals surface area contributed by atoms with E-state index in [-0.39, 0.29) is 12.0 Å². The first-order valence-corrected chi connectivity index (χ1v) is 10.3.